The summed E-state index contributed by atoms with van der Waals surface area (Å²) in [5.74, 6) is 0.657. The van der Waals surface area contributed by atoms with Gasteiger partial charge in [-0.05, 0) is 33.3 Å². The molecule has 118 valence electrons. The highest BCUT2D eigenvalue weighted by Crippen LogP contribution is 2.07. The molecule has 6 nitrogen and oxygen atoms in total. The van der Waals surface area contributed by atoms with Crippen molar-refractivity contribution in [1.29, 1.82) is 0 Å². The number of anilines is 1. The van der Waals surface area contributed by atoms with Crippen molar-refractivity contribution < 1.29 is 4.79 Å². The third-order valence-electron chi connectivity index (χ3n) is 2.98. The second-order valence-electron chi connectivity index (χ2n) is 5.14. The fourth-order valence-electron chi connectivity index (χ4n) is 2.02. The average Bonchev–Trinajstić information content (AvgIpc) is 2.86. The van der Waals surface area contributed by atoms with E-state index < -0.39 is 0 Å². The Morgan fingerprint density at radius 3 is 2.55 bits per heavy atom. The predicted octanol–water partition coefficient (Wildman–Crippen LogP) is 2.37. The molecule has 1 amide bonds. The molecule has 2 aromatic heterocycles. The van der Waals surface area contributed by atoms with Crippen LogP contribution in [0.3, 0.4) is 0 Å². The van der Waals surface area contributed by atoms with Crippen LogP contribution in [0.4, 0.5) is 5.95 Å². The molecule has 2 N–H and O–H groups in total. The average molecular weight is 319 g/mol. The minimum absolute atomic E-state index is 0.0359. The number of nitrogens with zero attached hydrogens (tertiary/aromatic N) is 3. The summed E-state index contributed by atoms with van der Waals surface area (Å²) in [6.07, 6.45) is 1.21. The third kappa shape index (κ3) is 5.40. The Hall–Kier alpha value is -2.02. The van der Waals surface area contributed by atoms with Gasteiger partial charge in [0.1, 0.15) is 0 Å². The van der Waals surface area contributed by atoms with E-state index >= 15 is 0 Å². The maximum Gasteiger partial charge on any atom is 0.223 e. The van der Waals surface area contributed by atoms with Crippen molar-refractivity contribution in [3.05, 3.63) is 33.5 Å². The van der Waals surface area contributed by atoms with Crippen molar-refractivity contribution in [3.63, 3.8) is 0 Å². The molecule has 0 saturated heterocycles. The summed E-state index contributed by atoms with van der Waals surface area (Å²) in [5, 5.41) is 9.00. The van der Waals surface area contributed by atoms with Crippen molar-refractivity contribution in [2.75, 3.05) is 11.9 Å². The molecule has 0 radical (unpaired) electrons. The summed E-state index contributed by atoms with van der Waals surface area (Å²) in [5.41, 5.74) is 2.79. The quantitative estimate of drug-likeness (QED) is 0.766. The zero-order chi connectivity index (χ0) is 15.9. The molecule has 0 aromatic carbocycles. The van der Waals surface area contributed by atoms with Gasteiger partial charge in [-0.3, -0.25) is 4.79 Å². The summed E-state index contributed by atoms with van der Waals surface area (Å²) in [4.78, 5) is 24.7. The number of aryl methyl sites for hydroxylation is 3. The van der Waals surface area contributed by atoms with Crippen LogP contribution in [0, 0.1) is 20.8 Å². The van der Waals surface area contributed by atoms with Gasteiger partial charge in [0.15, 0.2) is 0 Å². The van der Waals surface area contributed by atoms with Crippen LogP contribution in [-0.4, -0.2) is 27.4 Å². The number of amides is 1. The van der Waals surface area contributed by atoms with E-state index in [1.54, 1.807) is 11.3 Å². The molecule has 0 aliphatic rings. The van der Waals surface area contributed by atoms with Crippen molar-refractivity contribution in [2.24, 2.45) is 0 Å². The second-order valence-corrected chi connectivity index (χ2v) is 6.20. The third-order valence-corrected chi connectivity index (χ3v) is 3.80. The molecule has 0 aliphatic carbocycles. The van der Waals surface area contributed by atoms with Crippen LogP contribution in [0.25, 0.3) is 0 Å². The highest BCUT2D eigenvalue weighted by Gasteiger charge is 2.04. The number of hydrogen-bond acceptors (Lipinski definition) is 6. The molecule has 2 rings (SSSR count). The van der Waals surface area contributed by atoms with Gasteiger partial charge >= 0.3 is 0 Å². The summed E-state index contributed by atoms with van der Waals surface area (Å²) < 4.78 is 0. The highest BCUT2D eigenvalue weighted by molar-refractivity contribution is 7.09. The lowest BCUT2D eigenvalue weighted by atomic mass is 10.3. The lowest BCUT2D eigenvalue weighted by Crippen LogP contribution is -2.23. The van der Waals surface area contributed by atoms with Crippen molar-refractivity contribution in [2.45, 2.75) is 40.2 Å². The molecule has 0 aliphatic heterocycles. The zero-order valence-electron chi connectivity index (χ0n) is 13.1. The van der Waals surface area contributed by atoms with Crippen molar-refractivity contribution in [3.8, 4) is 0 Å². The minimum Gasteiger partial charge on any atom is -0.354 e. The van der Waals surface area contributed by atoms with Gasteiger partial charge in [0.05, 0.1) is 17.2 Å². The van der Waals surface area contributed by atoms with Crippen molar-refractivity contribution >= 4 is 23.2 Å². The normalized spacial score (nSPS) is 10.5. The second kappa shape index (κ2) is 7.84. The first-order chi connectivity index (χ1) is 10.5. The first-order valence-electron chi connectivity index (χ1n) is 7.27. The lowest BCUT2D eigenvalue weighted by Gasteiger charge is -2.07. The summed E-state index contributed by atoms with van der Waals surface area (Å²) in [6, 6.07) is 1.93. The van der Waals surface area contributed by atoms with Crippen LogP contribution in [0.5, 0.6) is 0 Å². The topological polar surface area (TPSA) is 79.8 Å². The van der Waals surface area contributed by atoms with E-state index in [0.717, 1.165) is 28.5 Å². The van der Waals surface area contributed by atoms with E-state index in [0.29, 0.717) is 25.5 Å². The Morgan fingerprint density at radius 2 is 1.91 bits per heavy atom. The number of thiazole rings is 1. The van der Waals surface area contributed by atoms with Crippen LogP contribution >= 0.6 is 11.3 Å². The molecular weight excluding hydrogens is 298 g/mol. The van der Waals surface area contributed by atoms with Gasteiger partial charge in [-0.15, -0.1) is 11.3 Å². The predicted molar refractivity (Wildman–Crippen MR) is 87.9 cm³/mol. The van der Waals surface area contributed by atoms with E-state index in [-0.39, 0.29) is 5.91 Å². The van der Waals surface area contributed by atoms with E-state index in [1.165, 1.54) is 0 Å². The van der Waals surface area contributed by atoms with Crippen molar-refractivity contribution in [1.82, 2.24) is 20.3 Å². The molecule has 0 saturated carbocycles. The van der Waals surface area contributed by atoms with E-state index in [4.69, 9.17) is 0 Å². The van der Waals surface area contributed by atoms with E-state index in [9.17, 15) is 4.79 Å². The monoisotopic (exact) mass is 319 g/mol. The smallest absolute Gasteiger partial charge is 0.223 e. The minimum atomic E-state index is 0.0359. The molecular formula is C15H21N5OS. The Morgan fingerprint density at radius 1 is 1.18 bits per heavy atom. The standard InChI is InChI=1S/C15H21N5OS/c1-10-7-11(2)19-15(18-10)16-6-4-5-14(21)17-8-13-9-22-12(3)20-13/h7,9H,4-6,8H2,1-3H3,(H,17,21)(H,16,18,19). The number of nitrogens with one attached hydrogen (secondary N) is 2. The number of hydrogen-bond donors (Lipinski definition) is 2. The van der Waals surface area contributed by atoms with Gasteiger partial charge in [0.2, 0.25) is 11.9 Å². The fourth-order valence-corrected chi connectivity index (χ4v) is 2.63. The van der Waals surface area contributed by atoms with Crippen LogP contribution in [-0.2, 0) is 11.3 Å². The molecule has 22 heavy (non-hydrogen) atoms. The zero-order valence-corrected chi connectivity index (χ0v) is 14.0. The Kier molecular flexibility index (Phi) is 5.83. The maximum atomic E-state index is 11.7. The molecule has 0 bridgehead atoms. The molecule has 2 heterocycles. The molecule has 2 aromatic rings. The van der Waals surface area contributed by atoms with Gasteiger partial charge in [-0.25, -0.2) is 15.0 Å². The molecule has 0 unspecified atom stereocenters. The number of rotatable bonds is 7. The molecule has 0 fully saturated rings. The van der Waals surface area contributed by atoms with Crippen LogP contribution in [0.2, 0.25) is 0 Å². The maximum absolute atomic E-state index is 11.7. The van der Waals surface area contributed by atoms with Crippen LogP contribution in [0.15, 0.2) is 11.4 Å². The van der Waals surface area contributed by atoms with Crippen LogP contribution < -0.4 is 10.6 Å². The highest BCUT2D eigenvalue weighted by atomic mass is 32.1. The Balaban J connectivity index is 1.64. The van der Waals surface area contributed by atoms with Gasteiger partial charge in [-0.2, -0.15) is 0 Å². The summed E-state index contributed by atoms with van der Waals surface area (Å²) >= 11 is 1.59. The fraction of sp³-hybridized carbons (Fsp3) is 0.467. The van der Waals surface area contributed by atoms with E-state index in [1.807, 2.05) is 32.2 Å². The van der Waals surface area contributed by atoms with Gasteiger partial charge in [0, 0.05) is 29.7 Å². The van der Waals surface area contributed by atoms with Gasteiger partial charge in [0.25, 0.3) is 0 Å². The van der Waals surface area contributed by atoms with Gasteiger partial charge in [-0.1, -0.05) is 0 Å². The first kappa shape index (κ1) is 16.4. The largest absolute Gasteiger partial charge is 0.354 e. The van der Waals surface area contributed by atoms with Gasteiger partial charge < -0.3 is 10.6 Å². The van der Waals surface area contributed by atoms with E-state index in [2.05, 4.69) is 25.6 Å². The molecule has 0 spiro atoms. The molecule has 7 heteroatoms. The lowest BCUT2D eigenvalue weighted by molar-refractivity contribution is -0.121. The Labute approximate surface area is 134 Å². The summed E-state index contributed by atoms with van der Waals surface area (Å²) in [7, 11) is 0. The molecule has 0 atom stereocenters. The summed E-state index contributed by atoms with van der Waals surface area (Å²) in [6.45, 7) is 7.00. The Bertz CT molecular complexity index is 620. The van der Waals surface area contributed by atoms with Crippen LogP contribution in [0.1, 0.15) is 34.9 Å². The first-order valence-corrected chi connectivity index (χ1v) is 8.15. The number of aromatic nitrogens is 3. The SMILES string of the molecule is Cc1cc(C)nc(NCCCC(=O)NCc2csc(C)n2)n1. The number of carbonyl (C=O) groups is 1. The number of carbonyl (C=O) groups excluding carboxylic acids is 1.